The number of carbonyl (C=O) groups is 1. The molecule has 19 heavy (non-hydrogen) atoms. The summed E-state index contributed by atoms with van der Waals surface area (Å²) >= 11 is 0. The van der Waals surface area contributed by atoms with E-state index in [9.17, 15) is 4.79 Å². The highest BCUT2D eigenvalue weighted by molar-refractivity contribution is 6.60. The molecule has 1 rings (SSSR count). The van der Waals surface area contributed by atoms with Crippen molar-refractivity contribution in [2.75, 3.05) is 54.1 Å². The minimum absolute atomic E-state index is 0.000942. The van der Waals surface area contributed by atoms with Crippen molar-refractivity contribution in [3.8, 4) is 0 Å². The molecule has 0 unspecified atom stereocenters. The van der Waals surface area contributed by atoms with Gasteiger partial charge in [0.25, 0.3) is 0 Å². The Balaban J connectivity index is 2.20. The van der Waals surface area contributed by atoms with Crippen molar-refractivity contribution in [1.82, 2.24) is 15.5 Å². The van der Waals surface area contributed by atoms with Crippen molar-refractivity contribution >= 4 is 14.8 Å². The second kappa shape index (κ2) is 8.49. The van der Waals surface area contributed by atoms with Crippen LogP contribution >= 0.6 is 0 Å². The summed E-state index contributed by atoms with van der Waals surface area (Å²) in [5.41, 5.74) is 0. The van der Waals surface area contributed by atoms with Gasteiger partial charge in [-0.05, 0) is 6.42 Å². The van der Waals surface area contributed by atoms with Crippen LogP contribution in [0.3, 0.4) is 0 Å². The van der Waals surface area contributed by atoms with Gasteiger partial charge in [0.2, 0.25) is 0 Å². The van der Waals surface area contributed by atoms with Crippen molar-refractivity contribution in [2.24, 2.45) is 0 Å². The monoisotopic (exact) mass is 291 g/mol. The van der Waals surface area contributed by atoms with E-state index in [1.54, 1.807) is 21.3 Å². The highest BCUT2D eigenvalue weighted by atomic mass is 28.4. The maximum Gasteiger partial charge on any atom is 0.500 e. The van der Waals surface area contributed by atoms with Crippen molar-refractivity contribution in [3.63, 3.8) is 0 Å². The van der Waals surface area contributed by atoms with Crippen LogP contribution in [-0.4, -0.2) is 73.8 Å². The van der Waals surface area contributed by atoms with Crippen LogP contribution < -0.4 is 10.6 Å². The Morgan fingerprint density at radius 3 is 2.32 bits per heavy atom. The van der Waals surface area contributed by atoms with Crippen LogP contribution in [0.4, 0.5) is 4.79 Å². The first-order chi connectivity index (χ1) is 9.17. The topological polar surface area (TPSA) is 72.1 Å². The van der Waals surface area contributed by atoms with E-state index >= 15 is 0 Å². The van der Waals surface area contributed by atoms with E-state index < -0.39 is 8.80 Å². The zero-order valence-corrected chi connectivity index (χ0v) is 13.0. The number of rotatable bonds is 7. The maximum atomic E-state index is 11.8. The van der Waals surface area contributed by atoms with Crippen molar-refractivity contribution in [1.29, 1.82) is 0 Å². The Kier molecular flexibility index (Phi) is 7.32. The number of nitrogens with one attached hydrogen (secondary N) is 2. The molecule has 2 N–H and O–H groups in total. The molecule has 0 aromatic heterocycles. The first-order valence-electron chi connectivity index (χ1n) is 6.56. The molecule has 7 nitrogen and oxygen atoms in total. The van der Waals surface area contributed by atoms with Gasteiger partial charge in [-0.1, -0.05) is 0 Å². The SMILES string of the molecule is CO[Si](CCCNC(=O)N1CCNCC1)(OC)OC. The minimum Gasteiger partial charge on any atom is -0.377 e. The van der Waals surface area contributed by atoms with E-state index in [0.717, 1.165) is 32.6 Å². The Morgan fingerprint density at radius 1 is 1.21 bits per heavy atom. The van der Waals surface area contributed by atoms with E-state index in [1.807, 2.05) is 4.90 Å². The number of hydrogen-bond donors (Lipinski definition) is 2. The lowest BCUT2D eigenvalue weighted by molar-refractivity contribution is 0.123. The van der Waals surface area contributed by atoms with Crippen LogP contribution in [0.15, 0.2) is 0 Å². The summed E-state index contributed by atoms with van der Waals surface area (Å²) in [4.78, 5) is 13.7. The molecule has 112 valence electrons. The third kappa shape index (κ3) is 5.07. The van der Waals surface area contributed by atoms with Gasteiger partial charge in [-0.2, -0.15) is 0 Å². The molecule has 1 aliphatic rings. The molecule has 1 fully saturated rings. The number of carbonyl (C=O) groups excluding carboxylic acids is 1. The van der Waals surface area contributed by atoms with Crippen LogP contribution in [0.2, 0.25) is 6.04 Å². The van der Waals surface area contributed by atoms with Gasteiger partial charge < -0.3 is 28.8 Å². The number of urea groups is 1. The molecule has 1 aliphatic heterocycles. The fraction of sp³-hybridized carbons (Fsp3) is 0.909. The summed E-state index contributed by atoms with van der Waals surface area (Å²) in [6.45, 7) is 3.85. The molecule has 8 heteroatoms. The number of nitrogens with zero attached hydrogens (tertiary/aromatic N) is 1. The molecule has 0 aromatic carbocycles. The largest absolute Gasteiger partial charge is 0.500 e. The number of amides is 2. The second-order valence-corrected chi connectivity index (χ2v) is 7.46. The van der Waals surface area contributed by atoms with Crippen LogP contribution in [0.5, 0.6) is 0 Å². The summed E-state index contributed by atoms with van der Waals surface area (Å²) in [5, 5.41) is 6.13. The van der Waals surface area contributed by atoms with Crippen molar-refractivity contribution in [3.05, 3.63) is 0 Å². The highest BCUT2D eigenvalue weighted by Gasteiger charge is 2.36. The van der Waals surface area contributed by atoms with E-state index in [2.05, 4.69) is 10.6 Å². The van der Waals surface area contributed by atoms with E-state index in [0.29, 0.717) is 12.6 Å². The molecular weight excluding hydrogens is 266 g/mol. The van der Waals surface area contributed by atoms with E-state index in [-0.39, 0.29) is 6.03 Å². The number of hydrogen-bond acceptors (Lipinski definition) is 5. The van der Waals surface area contributed by atoms with Gasteiger partial charge in [0.15, 0.2) is 0 Å². The standard InChI is InChI=1S/C11H25N3O4Si/c1-16-19(17-2,18-3)10-4-5-13-11(15)14-8-6-12-7-9-14/h12H,4-10H2,1-3H3,(H,13,15). The summed E-state index contributed by atoms with van der Waals surface area (Å²) in [6, 6.07) is 0.694. The first-order valence-corrected chi connectivity index (χ1v) is 8.49. The lowest BCUT2D eigenvalue weighted by Gasteiger charge is -2.28. The summed E-state index contributed by atoms with van der Waals surface area (Å²) < 4.78 is 16.0. The molecule has 1 saturated heterocycles. The van der Waals surface area contributed by atoms with Gasteiger partial charge in [0.05, 0.1) is 0 Å². The molecule has 1 heterocycles. The molecular formula is C11H25N3O4Si. The number of piperazine rings is 1. The molecule has 0 spiro atoms. The Morgan fingerprint density at radius 2 is 1.79 bits per heavy atom. The molecule has 0 radical (unpaired) electrons. The first kappa shape index (κ1) is 16.4. The van der Waals surface area contributed by atoms with Crippen molar-refractivity contribution in [2.45, 2.75) is 12.5 Å². The van der Waals surface area contributed by atoms with Gasteiger partial charge in [-0.3, -0.25) is 0 Å². The summed E-state index contributed by atoms with van der Waals surface area (Å²) in [7, 11) is 2.28. The average molecular weight is 291 g/mol. The van der Waals surface area contributed by atoms with Crippen LogP contribution in [-0.2, 0) is 13.3 Å². The summed E-state index contributed by atoms with van der Waals surface area (Å²) in [6.07, 6.45) is 0.777. The predicted molar refractivity (Wildman–Crippen MR) is 74.0 cm³/mol. The van der Waals surface area contributed by atoms with Crippen LogP contribution in [0.25, 0.3) is 0 Å². The fourth-order valence-corrected chi connectivity index (χ4v) is 3.76. The lowest BCUT2D eigenvalue weighted by Crippen LogP contribution is -2.50. The minimum atomic E-state index is -2.50. The van der Waals surface area contributed by atoms with Gasteiger partial charge in [0, 0.05) is 60.1 Å². The van der Waals surface area contributed by atoms with Crippen LogP contribution in [0.1, 0.15) is 6.42 Å². The Bertz CT molecular complexity index is 262. The van der Waals surface area contributed by atoms with Gasteiger partial charge >= 0.3 is 14.8 Å². The average Bonchev–Trinajstić information content (AvgIpc) is 2.49. The van der Waals surface area contributed by atoms with Gasteiger partial charge in [0.1, 0.15) is 0 Å². The maximum absolute atomic E-state index is 11.8. The molecule has 2 amide bonds. The van der Waals surface area contributed by atoms with E-state index in [1.165, 1.54) is 0 Å². The van der Waals surface area contributed by atoms with Gasteiger partial charge in [-0.25, -0.2) is 4.79 Å². The van der Waals surface area contributed by atoms with Crippen LogP contribution in [0, 0.1) is 0 Å². The zero-order valence-electron chi connectivity index (χ0n) is 12.0. The molecule has 0 bridgehead atoms. The second-order valence-electron chi connectivity index (χ2n) is 4.37. The third-order valence-corrected chi connectivity index (χ3v) is 6.11. The molecule has 0 aromatic rings. The van der Waals surface area contributed by atoms with Gasteiger partial charge in [-0.15, -0.1) is 0 Å². The Labute approximate surface area is 115 Å². The van der Waals surface area contributed by atoms with E-state index in [4.69, 9.17) is 13.3 Å². The quantitative estimate of drug-likeness (QED) is 0.505. The third-order valence-electron chi connectivity index (χ3n) is 3.27. The smallest absolute Gasteiger partial charge is 0.377 e. The zero-order chi connectivity index (χ0) is 14.1. The molecule has 0 aliphatic carbocycles. The highest BCUT2D eigenvalue weighted by Crippen LogP contribution is 2.14. The predicted octanol–water partition coefficient (Wildman–Crippen LogP) is -0.131. The Hall–Kier alpha value is -0.673. The normalized spacial score (nSPS) is 16.5. The fourth-order valence-electron chi connectivity index (χ4n) is 2.04. The molecule has 0 atom stereocenters. The van der Waals surface area contributed by atoms with Crippen molar-refractivity contribution < 1.29 is 18.1 Å². The molecule has 0 saturated carbocycles. The lowest BCUT2D eigenvalue weighted by atomic mass is 10.4. The summed E-state index contributed by atoms with van der Waals surface area (Å²) in [5.74, 6) is 0.